The molecule has 5 heteroatoms. The van der Waals surface area contributed by atoms with Crippen LogP contribution < -0.4 is 11.1 Å². The zero-order valence-corrected chi connectivity index (χ0v) is 13.6. The van der Waals surface area contributed by atoms with Crippen molar-refractivity contribution in [3.05, 3.63) is 0 Å². The monoisotopic (exact) mass is 285 g/mol. The molecule has 118 valence electrons. The fourth-order valence-corrected chi connectivity index (χ4v) is 2.93. The van der Waals surface area contributed by atoms with Gasteiger partial charge in [-0.25, -0.2) is 0 Å². The lowest BCUT2D eigenvalue weighted by atomic mass is 9.84. The predicted molar refractivity (Wildman–Crippen MR) is 81.5 cm³/mol. The summed E-state index contributed by atoms with van der Waals surface area (Å²) < 4.78 is 5.34. The largest absolute Gasteiger partial charge is 0.379 e. The maximum atomic E-state index is 12.4. The molecule has 1 fully saturated rings. The molecule has 0 aromatic rings. The van der Waals surface area contributed by atoms with E-state index in [1.807, 2.05) is 6.92 Å². The van der Waals surface area contributed by atoms with Crippen LogP contribution in [0.5, 0.6) is 0 Å². The second-order valence-electron chi connectivity index (χ2n) is 6.36. The van der Waals surface area contributed by atoms with E-state index in [9.17, 15) is 4.79 Å². The van der Waals surface area contributed by atoms with Crippen molar-refractivity contribution in [2.24, 2.45) is 17.1 Å². The molecule has 0 radical (unpaired) electrons. The molecule has 1 saturated heterocycles. The van der Waals surface area contributed by atoms with E-state index in [-0.39, 0.29) is 11.9 Å². The quantitative estimate of drug-likeness (QED) is 0.727. The van der Waals surface area contributed by atoms with Crippen LogP contribution in [0.2, 0.25) is 0 Å². The third-order valence-corrected chi connectivity index (χ3v) is 4.76. The van der Waals surface area contributed by atoms with Crippen molar-refractivity contribution in [3.63, 3.8) is 0 Å². The number of amides is 1. The molecule has 1 amide bonds. The molecule has 3 N–H and O–H groups in total. The third kappa shape index (κ3) is 3.71. The fraction of sp³-hybridized carbons (Fsp3) is 0.933. The van der Waals surface area contributed by atoms with Crippen LogP contribution in [0.3, 0.4) is 0 Å². The number of nitrogens with one attached hydrogen (secondary N) is 1. The van der Waals surface area contributed by atoms with Gasteiger partial charge >= 0.3 is 0 Å². The van der Waals surface area contributed by atoms with Crippen LogP contribution in [0.25, 0.3) is 0 Å². The molecule has 5 nitrogen and oxygen atoms in total. The SMILES string of the molecule is CCC(CC)C(CNC(=O)C1(C)COCC1N)N(C)C. The van der Waals surface area contributed by atoms with Crippen molar-refractivity contribution in [3.8, 4) is 0 Å². The molecule has 1 heterocycles. The van der Waals surface area contributed by atoms with Crippen LogP contribution in [0, 0.1) is 11.3 Å². The number of nitrogens with zero attached hydrogens (tertiary/aromatic N) is 1. The summed E-state index contributed by atoms with van der Waals surface area (Å²) in [5.74, 6) is 0.604. The Hall–Kier alpha value is -0.650. The van der Waals surface area contributed by atoms with Gasteiger partial charge in [-0.15, -0.1) is 0 Å². The lowest BCUT2D eigenvalue weighted by Crippen LogP contribution is -2.53. The first kappa shape index (κ1) is 17.4. The van der Waals surface area contributed by atoms with Crippen molar-refractivity contribution >= 4 is 5.91 Å². The van der Waals surface area contributed by atoms with E-state index >= 15 is 0 Å². The minimum atomic E-state index is -0.592. The zero-order chi connectivity index (χ0) is 15.3. The maximum Gasteiger partial charge on any atom is 0.229 e. The summed E-state index contributed by atoms with van der Waals surface area (Å²) in [5, 5.41) is 3.09. The number of nitrogens with two attached hydrogens (primary N) is 1. The van der Waals surface area contributed by atoms with Crippen molar-refractivity contribution in [2.45, 2.75) is 45.7 Å². The minimum Gasteiger partial charge on any atom is -0.379 e. The summed E-state index contributed by atoms with van der Waals surface area (Å²) in [7, 11) is 4.14. The lowest BCUT2D eigenvalue weighted by Gasteiger charge is -2.33. The summed E-state index contributed by atoms with van der Waals surface area (Å²) in [4.78, 5) is 14.6. The van der Waals surface area contributed by atoms with Gasteiger partial charge in [0.25, 0.3) is 0 Å². The second kappa shape index (κ2) is 7.38. The maximum absolute atomic E-state index is 12.4. The highest BCUT2D eigenvalue weighted by Crippen LogP contribution is 2.27. The smallest absolute Gasteiger partial charge is 0.229 e. The average Bonchev–Trinajstić information content (AvgIpc) is 2.75. The standard InChI is InChI=1S/C15H31N3O2/c1-6-11(7-2)12(18(4)5)8-17-14(19)15(3)10-20-9-13(15)16/h11-13H,6-10,16H2,1-5H3,(H,17,19). The van der Waals surface area contributed by atoms with Crippen molar-refractivity contribution in [2.75, 3.05) is 33.9 Å². The van der Waals surface area contributed by atoms with Crippen LogP contribution in [-0.4, -0.2) is 56.7 Å². The van der Waals surface area contributed by atoms with Gasteiger partial charge in [-0.1, -0.05) is 26.7 Å². The number of hydrogen-bond acceptors (Lipinski definition) is 4. The molecule has 1 aliphatic heterocycles. The van der Waals surface area contributed by atoms with E-state index in [0.29, 0.717) is 31.7 Å². The molecule has 0 bridgehead atoms. The first-order chi connectivity index (χ1) is 9.36. The van der Waals surface area contributed by atoms with Gasteiger partial charge in [0.05, 0.1) is 18.6 Å². The van der Waals surface area contributed by atoms with Gasteiger partial charge in [-0.2, -0.15) is 0 Å². The van der Waals surface area contributed by atoms with Gasteiger partial charge in [-0.3, -0.25) is 4.79 Å². The summed E-state index contributed by atoms with van der Waals surface area (Å²) in [6.45, 7) is 7.84. The number of likely N-dealkylation sites (N-methyl/N-ethyl adjacent to an activating group) is 1. The van der Waals surface area contributed by atoms with Crippen LogP contribution >= 0.6 is 0 Å². The summed E-state index contributed by atoms with van der Waals surface area (Å²) >= 11 is 0. The van der Waals surface area contributed by atoms with Gasteiger partial charge in [-0.05, 0) is 26.9 Å². The Morgan fingerprint density at radius 3 is 2.45 bits per heavy atom. The van der Waals surface area contributed by atoms with Crippen LogP contribution in [0.4, 0.5) is 0 Å². The van der Waals surface area contributed by atoms with E-state index in [1.165, 1.54) is 0 Å². The minimum absolute atomic E-state index is 0.0142. The molecule has 0 spiro atoms. The first-order valence-corrected chi connectivity index (χ1v) is 7.64. The third-order valence-electron chi connectivity index (χ3n) is 4.76. The molecule has 0 aromatic carbocycles. The van der Waals surface area contributed by atoms with Crippen LogP contribution in [0.1, 0.15) is 33.6 Å². The lowest BCUT2D eigenvalue weighted by molar-refractivity contribution is -0.131. The number of carbonyl (C=O) groups is 1. The molecule has 1 aliphatic rings. The number of hydrogen-bond donors (Lipinski definition) is 2. The van der Waals surface area contributed by atoms with Gasteiger partial charge in [0.15, 0.2) is 0 Å². The second-order valence-corrected chi connectivity index (χ2v) is 6.36. The average molecular weight is 285 g/mol. The fourth-order valence-electron chi connectivity index (χ4n) is 2.93. The Balaban J connectivity index is 2.61. The van der Waals surface area contributed by atoms with Crippen molar-refractivity contribution in [1.82, 2.24) is 10.2 Å². The highest BCUT2D eigenvalue weighted by atomic mass is 16.5. The van der Waals surface area contributed by atoms with Crippen LogP contribution in [0.15, 0.2) is 0 Å². The Kier molecular flexibility index (Phi) is 6.43. The molecule has 3 unspecified atom stereocenters. The van der Waals surface area contributed by atoms with Gasteiger partial charge in [0, 0.05) is 18.6 Å². The summed E-state index contributed by atoms with van der Waals surface area (Å²) in [6.07, 6.45) is 2.24. The predicted octanol–water partition coefficient (Wildman–Crippen LogP) is 0.833. The number of ether oxygens (including phenoxy) is 1. The normalized spacial score (nSPS) is 28.1. The van der Waals surface area contributed by atoms with Crippen LogP contribution in [-0.2, 0) is 9.53 Å². The Morgan fingerprint density at radius 2 is 2.05 bits per heavy atom. The first-order valence-electron chi connectivity index (χ1n) is 7.64. The molecule has 20 heavy (non-hydrogen) atoms. The van der Waals surface area contributed by atoms with E-state index < -0.39 is 5.41 Å². The molecule has 0 aliphatic carbocycles. The van der Waals surface area contributed by atoms with Crippen molar-refractivity contribution in [1.29, 1.82) is 0 Å². The molecular formula is C15H31N3O2. The van der Waals surface area contributed by atoms with Crippen molar-refractivity contribution < 1.29 is 9.53 Å². The molecule has 0 saturated carbocycles. The summed E-state index contributed by atoms with van der Waals surface area (Å²) in [6, 6.07) is 0.143. The summed E-state index contributed by atoms with van der Waals surface area (Å²) in [5.41, 5.74) is 5.40. The van der Waals surface area contributed by atoms with E-state index in [1.54, 1.807) is 0 Å². The van der Waals surface area contributed by atoms with Gasteiger partial charge < -0.3 is 20.7 Å². The zero-order valence-electron chi connectivity index (χ0n) is 13.6. The molecule has 0 aromatic heterocycles. The highest BCUT2D eigenvalue weighted by Gasteiger charge is 2.44. The topological polar surface area (TPSA) is 67.6 Å². The van der Waals surface area contributed by atoms with Gasteiger partial charge in [0.1, 0.15) is 0 Å². The Bertz CT molecular complexity index is 318. The van der Waals surface area contributed by atoms with Gasteiger partial charge in [0.2, 0.25) is 5.91 Å². The molecular weight excluding hydrogens is 254 g/mol. The molecule has 1 rings (SSSR count). The Morgan fingerprint density at radius 1 is 1.45 bits per heavy atom. The highest BCUT2D eigenvalue weighted by molar-refractivity contribution is 5.83. The Labute approximate surface area is 123 Å². The number of carbonyl (C=O) groups excluding carboxylic acids is 1. The van der Waals surface area contributed by atoms with E-state index in [2.05, 4.69) is 38.2 Å². The van der Waals surface area contributed by atoms with E-state index in [4.69, 9.17) is 10.5 Å². The molecule has 3 atom stereocenters. The number of rotatable bonds is 7. The van der Waals surface area contributed by atoms with E-state index in [0.717, 1.165) is 12.8 Å².